The summed E-state index contributed by atoms with van der Waals surface area (Å²) in [4.78, 5) is 16.0. The standard InChI is InChI=1S/C19H21FN4O3.HI/c1-21-19(23-11-18(25)24-14-8-6-13(20)7-9-14)22-10-15-12-26-16-4-2-3-5-17(16)27-15;/h2-9,15H,10-12H2,1H3,(H,24,25)(H2,21,22,23);1H. The number of benzene rings is 2. The Balaban J connectivity index is 0.00000280. The van der Waals surface area contributed by atoms with Gasteiger partial charge in [-0.15, -0.1) is 24.0 Å². The zero-order chi connectivity index (χ0) is 19.1. The zero-order valence-electron chi connectivity index (χ0n) is 15.3. The number of nitrogens with one attached hydrogen (secondary N) is 3. The van der Waals surface area contributed by atoms with Crippen molar-refractivity contribution in [1.82, 2.24) is 10.6 Å². The Kier molecular flexibility index (Phi) is 8.30. The Bertz CT molecular complexity index is 817. The molecule has 2 aromatic carbocycles. The summed E-state index contributed by atoms with van der Waals surface area (Å²) in [7, 11) is 1.61. The van der Waals surface area contributed by atoms with E-state index in [1.807, 2.05) is 24.3 Å². The lowest BCUT2D eigenvalue weighted by Crippen LogP contribution is -2.47. The molecule has 0 bridgehead atoms. The highest BCUT2D eigenvalue weighted by atomic mass is 127. The number of amides is 1. The predicted octanol–water partition coefficient (Wildman–Crippen LogP) is 2.39. The third-order valence-corrected chi connectivity index (χ3v) is 3.83. The Morgan fingerprint density at radius 3 is 2.57 bits per heavy atom. The normalized spacial score (nSPS) is 15.2. The summed E-state index contributed by atoms with van der Waals surface area (Å²) in [6, 6.07) is 13.1. The van der Waals surface area contributed by atoms with Crippen LogP contribution in [0, 0.1) is 5.82 Å². The fraction of sp³-hybridized carbons (Fsp3) is 0.263. The minimum Gasteiger partial charge on any atom is -0.486 e. The molecule has 3 N–H and O–H groups in total. The molecule has 0 saturated carbocycles. The molecule has 1 amide bonds. The van der Waals surface area contributed by atoms with Crippen molar-refractivity contribution in [1.29, 1.82) is 0 Å². The van der Waals surface area contributed by atoms with Crippen LogP contribution in [0.2, 0.25) is 0 Å². The number of hydrogen-bond acceptors (Lipinski definition) is 4. The number of carbonyl (C=O) groups excluding carboxylic acids is 1. The van der Waals surface area contributed by atoms with E-state index in [1.54, 1.807) is 7.05 Å². The van der Waals surface area contributed by atoms with Gasteiger partial charge in [-0.2, -0.15) is 0 Å². The molecule has 3 rings (SSSR count). The first-order chi connectivity index (χ1) is 13.1. The van der Waals surface area contributed by atoms with Crippen LogP contribution >= 0.6 is 24.0 Å². The molecule has 0 saturated heterocycles. The van der Waals surface area contributed by atoms with Gasteiger partial charge in [0.1, 0.15) is 18.5 Å². The lowest BCUT2D eigenvalue weighted by molar-refractivity contribution is -0.115. The van der Waals surface area contributed by atoms with Crippen molar-refractivity contribution < 1.29 is 18.7 Å². The second kappa shape index (κ2) is 10.7. The fourth-order valence-corrected chi connectivity index (χ4v) is 2.50. The molecule has 150 valence electrons. The second-order valence-electron chi connectivity index (χ2n) is 5.86. The Morgan fingerprint density at radius 1 is 1.14 bits per heavy atom. The largest absolute Gasteiger partial charge is 0.486 e. The quantitative estimate of drug-likeness (QED) is 0.334. The van der Waals surface area contributed by atoms with Gasteiger partial charge in [0.25, 0.3) is 0 Å². The lowest BCUT2D eigenvalue weighted by atomic mass is 10.2. The molecule has 1 unspecified atom stereocenters. The van der Waals surface area contributed by atoms with E-state index in [-0.39, 0.29) is 48.3 Å². The molecular formula is C19H22FIN4O3. The van der Waals surface area contributed by atoms with Crippen LogP contribution in [0.25, 0.3) is 0 Å². The maximum absolute atomic E-state index is 12.9. The molecule has 1 heterocycles. The Labute approximate surface area is 179 Å². The first-order valence-corrected chi connectivity index (χ1v) is 8.52. The van der Waals surface area contributed by atoms with Gasteiger partial charge in [0.2, 0.25) is 5.91 Å². The van der Waals surface area contributed by atoms with Crippen LogP contribution in [-0.2, 0) is 4.79 Å². The van der Waals surface area contributed by atoms with Gasteiger partial charge in [0.05, 0.1) is 13.1 Å². The molecular weight excluding hydrogens is 478 g/mol. The molecule has 2 aromatic rings. The minimum absolute atomic E-state index is 0. The average Bonchev–Trinajstić information content (AvgIpc) is 2.69. The van der Waals surface area contributed by atoms with Crippen LogP contribution < -0.4 is 25.4 Å². The van der Waals surface area contributed by atoms with E-state index in [1.165, 1.54) is 24.3 Å². The van der Waals surface area contributed by atoms with Crippen LogP contribution in [0.4, 0.5) is 10.1 Å². The van der Waals surface area contributed by atoms with Crippen molar-refractivity contribution in [2.75, 3.05) is 32.1 Å². The summed E-state index contributed by atoms with van der Waals surface area (Å²) in [5.41, 5.74) is 0.526. The van der Waals surface area contributed by atoms with Gasteiger partial charge in [-0.05, 0) is 36.4 Å². The average molecular weight is 500 g/mol. The number of ether oxygens (including phenoxy) is 2. The summed E-state index contributed by atoms with van der Waals surface area (Å²) in [5, 5.41) is 8.69. The van der Waals surface area contributed by atoms with Crippen LogP contribution in [-0.4, -0.2) is 44.7 Å². The van der Waals surface area contributed by atoms with E-state index < -0.39 is 0 Å². The molecule has 9 heteroatoms. The molecule has 0 spiro atoms. The summed E-state index contributed by atoms with van der Waals surface area (Å²) < 4.78 is 24.4. The van der Waals surface area contributed by atoms with E-state index >= 15 is 0 Å². The first-order valence-electron chi connectivity index (χ1n) is 8.52. The topological polar surface area (TPSA) is 84.0 Å². The Hall–Kier alpha value is -2.56. The summed E-state index contributed by atoms with van der Waals surface area (Å²) >= 11 is 0. The second-order valence-corrected chi connectivity index (χ2v) is 5.86. The van der Waals surface area contributed by atoms with Gasteiger partial charge < -0.3 is 25.4 Å². The molecule has 1 aliphatic rings. The molecule has 0 radical (unpaired) electrons. The van der Waals surface area contributed by atoms with Crippen LogP contribution in [0.5, 0.6) is 11.5 Å². The number of para-hydroxylation sites is 2. The highest BCUT2D eigenvalue weighted by molar-refractivity contribution is 14.0. The van der Waals surface area contributed by atoms with Crippen molar-refractivity contribution in [2.24, 2.45) is 4.99 Å². The number of guanidine groups is 1. The summed E-state index contributed by atoms with van der Waals surface area (Å²) in [5.74, 6) is 1.28. The molecule has 0 aliphatic carbocycles. The minimum atomic E-state index is -0.354. The van der Waals surface area contributed by atoms with E-state index in [0.29, 0.717) is 30.5 Å². The smallest absolute Gasteiger partial charge is 0.243 e. The first kappa shape index (κ1) is 21.7. The number of rotatable bonds is 5. The number of halogens is 2. The van der Waals surface area contributed by atoms with Gasteiger partial charge in [-0.3, -0.25) is 9.79 Å². The van der Waals surface area contributed by atoms with Crippen molar-refractivity contribution in [2.45, 2.75) is 6.10 Å². The fourth-order valence-electron chi connectivity index (χ4n) is 2.50. The van der Waals surface area contributed by atoms with Crippen LogP contribution in [0.1, 0.15) is 0 Å². The van der Waals surface area contributed by atoms with Gasteiger partial charge in [-0.25, -0.2) is 4.39 Å². The van der Waals surface area contributed by atoms with Gasteiger partial charge in [-0.1, -0.05) is 12.1 Å². The SMILES string of the molecule is CN=C(NCC(=O)Nc1ccc(F)cc1)NCC1COc2ccccc2O1.I. The molecule has 28 heavy (non-hydrogen) atoms. The van der Waals surface area contributed by atoms with E-state index in [4.69, 9.17) is 9.47 Å². The highest BCUT2D eigenvalue weighted by Crippen LogP contribution is 2.30. The molecule has 1 aliphatic heterocycles. The molecule has 7 nitrogen and oxygen atoms in total. The highest BCUT2D eigenvalue weighted by Gasteiger charge is 2.20. The molecule has 1 atom stereocenters. The van der Waals surface area contributed by atoms with Crippen molar-refractivity contribution in [3.63, 3.8) is 0 Å². The van der Waals surface area contributed by atoms with E-state index in [9.17, 15) is 9.18 Å². The number of anilines is 1. The van der Waals surface area contributed by atoms with Crippen molar-refractivity contribution >= 4 is 41.5 Å². The predicted molar refractivity (Wildman–Crippen MR) is 116 cm³/mol. The third-order valence-electron chi connectivity index (χ3n) is 3.83. The van der Waals surface area contributed by atoms with Crippen LogP contribution in [0.15, 0.2) is 53.5 Å². The van der Waals surface area contributed by atoms with E-state index in [0.717, 1.165) is 5.75 Å². The number of hydrogen-bond donors (Lipinski definition) is 3. The summed E-state index contributed by atoms with van der Waals surface area (Å²) in [6.07, 6.45) is -0.175. The zero-order valence-corrected chi connectivity index (χ0v) is 17.6. The molecule has 0 aromatic heterocycles. The number of fused-ring (bicyclic) bond motifs is 1. The molecule has 0 fully saturated rings. The van der Waals surface area contributed by atoms with Gasteiger partial charge >= 0.3 is 0 Å². The maximum Gasteiger partial charge on any atom is 0.243 e. The monoisotopic (exact) mass is 500 g/mol. The van der Waals surface area contributed by atoms with Crippen LogP contribution in [0.3, 0.4) is 0 Å². The van der Waals surface area contributed by atoms with Gasteiger partial charge in [0.15, 0.2) is 17.5 Å². The lowest BCUT2D eigenvalue weighted by Gasteiger charge is -2.27. The number of carbonyl (C=O) groups is 1. The van der Waals surface area contributed by atoms with Crippen molar-refractivity contribution in [3.8, 4) is 11.5 Å². The number of nitrogens with zero attached hydrogens (tertiary/aromatic N) is 1. The van der Waals surface area contributed by atoms with Gasteiger partial charge in [0, 0.05) is 12.7 Å². The van der Waals surface area contributed by atoms with Crippen molar-refractivity contribution in [3.05, 3.63) is 54.3 Å². The maximum atomic E-state index is 12.9. The number of aliphatic imine (C=N–C) groups is 1. The third kappa shape index (κ3) is 6.25. The van der Waals surface area contributed by atoms with E-state index in [2.05, 4.69) is 20.9 Å². The Morgan fingerprint density at radius 2 is 1.86 bits per heavy atom. The summed E-state index contributed by atoms with van der Waals surface area (Å²) in [6.45, 7) is 0.904.